The Bertz CT molecular complexity index is 1210. The number of amides is 1. The van der Waals surface area contributed by atoms with E-state index >= 15 is 0 Å². The molecule has 0 atom stereocenters. The maximum Gasteiger partial charge on any atom is 0.278 e. The van der Waals surface area contributed by atoms with E-state index in [2.05, 4.69) is 25.6 Å². The third-order valence-electron chi connectivity index (χ3n) is 4.31. The summed E-state index contributed by atoms with van der Waals surface area (Å²) in [6.07, 6.45) is 3.34. The molecular formula is C21H16Cl2N6OS. The van der Waals surface area contributed by atoms with E-state index < -0.39 is 5.91 Å². The summed E-state index contributed by atoms with van der Waals surface area (Å²) in [4.78, 5) is 21.5. The molecule has 31 heavy (non-hydrogen) atoms. The Kier molecular flexibility index (Phi) is 6.50. The Hall–Kier alpha value is -2.94. The Balaban J connectivity index is 1.66. The fraction of sp³-hybridized carbons (Fsp3) is 0.0952. The second kappa shape index (κ2) is 9.47. The van der Waals surface area contributed by atoms with Crippen LogP contribution >= 0.6 is 35.0 Å². The standard InChI is InChI=1S/C21H16Cl2N6OS/c1-13-3-6-15(7-4-13)29-18(12-31-21-24-9-2-10-25-21)19(27-28-29)20(30)26-14-5-8-16(22)17(23)11-14/h2-11H,12H2,1H3,(H,26,30). The third kappa shape index (κ3) is 5.04. The van der Waals surface area contributed by atoms with Gasteiger partial charge in [0.05, 0.1) is 21.4 Å². The first kappa shape index (κ1) is 21.3. The van der Waals surface area contributed by atoms with Crippen LogP contribution in [0.4, 0.5) is 5.69 Å². The fourth-order valence-electron chi connectivity index (χ4n) is 2.76. The van der Waals surface area contributed by atoms with Crippen molar-refractivity contribution in [2.24, 2.45) is 0 Å². The van der Waals surface area contributed by atoms with Crippen LogP contribution in [0.2, 0.25) is 10.0 Å². The molecule has 2 aromatic carbocycles. The van der Waals surface area contributed by atoms with Gasteiger partial charge in [0.2, 0.25) is 0 Å². The van der Waals surface area contributed by atoms with E-state index in [-0.39, 0.29) is 5.69 Å². The molecule has 0 unspecified atom stereocenters. The number of aromatic nitrogens is 5. The fourth-order valence-corrected chi connectivity index (χ4v) is 3.85. The van der Waals surface area contributed by atoms with Crippen molar-refractivity contribution in [2.45, 2.75) is 17.8 Å². The Morgan fingerprint density at radius 2 is 1.81 bits per heavy atom. The normalized spacial score (nSPS) is 10.8. The minimum absolute atomic E-state index is 0.204. The van der Waals surface area contributed by atoms with E-state index in [1.165, 1.54) is 11.8 Å². The van der Waals surface area contributed by atoms with Crippen LogP contribution in [0, 0.1) is 6.92 Å². The average Bonchev–Trinajstić information content (AvgIpc) is 3.20. The minimum atomic E-state index is -0.402. The summed E-state index contributed by atoms with van der Waals surface area (Å²) in [5.74, 6) is -0.00371. The van der Waals surface area contributed by atoms with E-state index in [0.717, 1.165) is 11.3 Å². The maximum absolute atomic E-state index is 13.0. The van der Waals surface area contributed by atoms with Crippen LogP contribution in [-0.2, 0) is 5.75 Å². The molecule has 1 amide bonds. The second-order valence-electron chi connectivity index (χ2n) is 6.54. The van der Waals surface area contributed by atoms with Gasteiger partial charge in [0.15, 0.2) is 10.9 Å². The van der Waals surface area contributed by atoms with Crippen molar-refractivity contribution in [1.29, 1.82) is 0 Å². The van der Waals surface area contributed by atoms with E-state index in [0.29, 0.717) is 32.3 Å². The molecule has 2 heterocycles. The van der Waals surface area contributed by atoms with Crippen LogP contribution in [0.3, 0.4) is 0 Å². The summed E-state index contributed by atoms with van der Waals surface area (Å²) in [6, 6.07) is 14.4. The Morgan fingerprint density at radius 1 is 1.06 bits per heavy atom. The van der Waals surface area contributed by atoms with Crippen LogP contribution in [0.15, 0.2) is 66.1 Å². The lowest BCUT2D eigenvalue weighted by Crippen LogP contribution is -2.15. The molecule has 0 aliphatic carbocycles. The average molecular weight is 471 g/mol. The number of halogens is 2. The number of carbonyl (C=O) groups is 1. The van der Waals surface area contributed by atoms with Crippen molar-refractivity contribution in [3.05, 3.63) is 87.9 Å². The zero-order chi connectivity index (χ0) is 21.8. The second-order valence-corrected chi connectivity index (χ2v) is 8.29. The number of carbonyl (C=O) groups excluding carboxylic acids is 1. The van der Waals surface area contributed by atoms with Crippen LogP contribution < -0.4 is 5.32 Å². The number of anilines is 1. The van der Waals surface area contributed by atoms with Gasteiger partial charge in [0.25, 0.3) is 5.91 Å². The molecule has 7 nitrogen and oxygen atoms in total. The Labute approximate surface area is 192 Å². The van der Waals surface area contributed by atoms with Gasteiger partial charge in [-0.2, -0.15) is 0 Å². The molecule has 4 aromatic rings. The summed E-state index contributed by atoms with van der Waals surface area (Å²) < 4.78 is 1.65. The molecule has 0 saturated heterocycles. The molecule has 10 heteroatoms. The van der Waals surface area contributed by atoms with E-state index in [1.54, 1.807) is 41.3 Å². The molecule has 156 valence electrons. The molecular weight excluding hydrogens is 455 g/mol. The predicted molar refractivity (Wildman–Crippen MR) is 122 cm³/mol. The first-order valence-electron chi connectivity index (χ1n) is 9.19. The van der Waals surface area contributed by atoms with Gasteiger partial charge in [0, 0.05) is 23.8 Å². The van der Waals surface area contributed by atoms with Gasteiger partial charge < -0.3 is 5.32 Å². The SMILES string of the molecule is Cc1ccc(-n2nnc(C(=O)Nc3ccc(Cl)c(Cl)c3)c2CSc2ncccn2)cc1. The Morgan fingerprint density at radius 3 is 2.52 bits per heavy atom. The monoisotopic (exact) mass is 470 g/mol. The van der Waals surface area contributed by atoms with E-state index in [4.69, 9.17) is 23.2 Å². The summed E-state index contributed by atoms with van der Waals surface area (Å²) >= 11 is 13.4. The van der Waals surface area contributed by atoms with Gasteiger partial charge in [0.1, 0.15) is 0 Å². The van der Waals surface area contributed by atoms with E-state index in [1.807, 2.05) is 31.2 Å². The van der Waals surface area contributed by atoms with Gasteiger partial charge >= 0.3 is 0 Å². The highest BCUT2D eigenvalue weighted by atomic mass is 35.5. The lowest BCUT2D eigenvalue weighted by atomic mass is 10.2. The molecule has 0 aliphatic rings. The summed E-state index contributed by atoms with van der Waals surface area (Å²) in [5, 5.41) is 12.5. The van der Waals surface area contributed by atoms with Crippen molar-refractivity contribution >= 4 is 46.6 Å². The third-order valence-corrected chi connectivity index (χ3v) is 5.94. The molecule has 0 fully saturated rings. The van der Waals surface area contributed by atoms with Crippen LogP contribution in [-0.4, -0.2) is 30.9 Å². The van der Waals surface area contributed by atoms with Gasteiger partial charge in [-0.3, -0.25) is 4.79 Å². The maximum atomic E-state index is 13.0. The smallest absolute Gasteiger partial charge is 0.278 e. The van der Waals surface area contributed by atoms with Gasteiger partial charge in [-0.05, 0) is 43.3 Å². The minimum Gasteiger partial charge on any atom is -0.320 e. The van der Waals surface area contributed by atoms with Crippen LogP contribution in [0.5, 0.6) is 0 Å². The number of hydrogen-bond acceptors (Lipinski definition) is 6. The molecule has 2 aromatic heterocycles. The molecule has 0 aliphatic heterocycles. The molecule has 1 N–H and O–H groups in total. The zero-order valence-electron chi connectivity index (χ0n) is 16.3. The largest absolute Gasteiger partial charge is 0.320 e. The number of rotatable bonds is 6. The summed E-state index contributed by atoms with van der Waals surface area (Å²) in [5.41, 5.74) is 3.26. The first-order chi connectivity index (χ1) is 15.0. The van der Waals surface area contributed by atoms with Gasteiger partial charge in [-0.15, -0.1) is 5.10 Å². The topological polar surface area (TPSA) is 85.6 Å². The summed E-state index contributed by atoms with van der Waals surface area (Å²) in [6.45, 7) is 2.00. The van der Waals surface area contributed by atoms with Crippen molar-refractivity contribution < 1.29 is 4.79 Å². The molecule has 0 radical (unpaired) electrons. The van der Waals surface area contributed by atoms with Crippen LogP contribution in [0.1, 0.15) is 21.7 Å². The number of hydrogen-bond donors (Lipinski definition) is 1. The van der Waals surface area contributed by atoms with Gasteiger partial charge in [-0.1, -0.05) is 57.9 Å². The highest BCUT2D eigenvalue weighted by Gasteiger charge is 2.21. The number of nitrogens with one attached hydrogen (secondary N) is 1. The first-order valence-corrected chi connectivity index (χ1v) is 10.9. The highest BCUT2D eigenvalue weighted by molar-refractivity contribution is 7.98. The highest BCUT2D eigenvalue weighted by Crippen LogP contribution is 2.27. The van der Waals surface area contributed by atoms with Crippen LogP contribution in [0.25, 0.3) is 5.69 Å². The molecule has 0 spiro atoms. The molecule has 0 bridgehead atoms. The summed E-state index contributed by atoms with van der Waals surface area (Å²) in [7, 11) is 0. The predicted octanol–water partition coefficient (Wildman–Crippen LogP) is 5.22. The number of aryl methyl sites for hydroxylation is 1. The van der Waals surface area contributed by atoms with Crippen molar-refractivity contribution in [3.8, 4) is 5.69 Å². The van der Waals surface area contributed by atoms with Crippen molar-refractivity contribution in [3.63, 3.8) is 0 Å². The lowest BCUT2D eigenvalue weighted by molar-refractivity contribution is 0.102. The zero-order valence-corrected chi connectivity index (χ0v) is 18.6. The van der Waals surface area contributed by atoms with Crippen molar-refractivity contribution in [1.82, 2.24) is 25.0 Å². The quantitative estimate of drug-likeness (QED) is 0.307. The number of nitrogens with zero attached hydrogens (tertiary/aromatic N) is 5. The number of thioether (sulfide) groups is 1. The van der Waals surface area contributed by atoms with Gasteiger partial charge in [-0.25, -0.2) is 14.6 Å². The van der Waals surface area contributed by atoms with E-state index in [9.17, 15) is 4.79 Å². The molecule has 4 rings (SSSR count). The number of benzene rings is 2. The molecule has 0 saturated carbocycles. The van der Waals surface area contributed by atoms with Crippen molar-refractivity contribution in [2.75, 3.05) is 5.32 Å². The lowest BCUT2D eigenvalue weighted by Gasteiger charge is -2.09.